The Morgan fingerprint density at radius 2 is 1.63 bits per heavy atom. The van der Waals surface area contributed by atoms with Crippen LogP contribution in [-0.4, -0.2) is 67.2 Å². The molecular formula is C26H30N2O7. The van der Waals surface area contributed by atoms with Crippen molar-refractivity contribution >= 4 is 18.0 Å². The molecule has 1 fully saturated rings. The van der Waals surface area contributed by atoms with Crippen LogP contribution in [0.3, 0.4) is 0 Å². The van der Waals surface area contributed by atoms with Crippen LogP contribution in [0.25, 0.3) is 11.1 Å². The highest BCUT2D eigenvalue weighted by Gasteiger charge is 2.42. The Balaban J connectivity index is 1.39. The monoisotopic (exact) mass is 482 g/mol. The van der Waals surface area contributed by atoms with Gasteiger partial charge in [0, 0.05) is 38.7 Å². The third-order valence-corrected chi connectivity index (χ3v) is 6.87. The summed E-state index contributed by atoms with van der Waals surface area (Å²) in [5.74, 6) is -1.79. The normalized spacial score (nSPS) is 17.1. The maximum Gasteiger partial charge on any atom is 0.407 e. The molecule has 1 atom stereocenters. The van der Waals surface area contributed by atoms with Gasteiger partial charge in [0.25, 0.3) is 0 Å². The van der Waals surface area contributed by atoms with E-state index in [1.54, 1.807) is 0 Å². The van der Waals surface area contributed by atoms with Crippen LogP contribution >= 0.6 is 0 Å². The van der Waals surface area contributed by atoms with Crippen molar-refractivity contribution in [2.24, 2.45) is 5.41 Å². The number of aliphatic hydroxyl groups is 1. The van der Waals surface area contributed by atoms with Crippen LogP contribution in [0.15, 0.2) is 48.5 Å². The molecule has 4 N–H and O–H groups in total. The van der Waals surface area contributed by atoms with Gasteiger partial charge in [-0.3, -0.25) is 4.79 Å². The van der Waals surface area contributed by atoms with E-state index in [4.69, 9.17) is 14.6 Å². The molecule has 0 radical (unpaired) electrons. The van der Waals surface area contributed by atoms with Gasteiger partial charge in [-0.2, -0.15) is 0 Å². The Kier molecular flexibility index (Phi) is 7.67. The van der Waals surface area contributed by atoms with Crippen LogP contribution in [0, 0.1) is 5.41 Å². The van der Waals surface area contributed by atoms with Gasteiger partial charge in [0.15, 0.2) is 0 Å². The lowest BCUT2D eigenvalue weighted by Crippen LogP contribution is -2.55. The lowest BCUT2D eigenvalue weighted by molar-refractivity contribution is -0.146. The van der Waals surface area contributed by atoms with Crippen LogP contribution in [0.5, 0.6) is 0 Å². The number of ether oxygens (including phenoxy) is 2. The Morgan fingerprint density at radius 3 is 2.20 bits per heavy atom. The van der Waals surface area contributed by atoms with E-state index >= 15 is 0 Å². The third-order valence-electron chi connectivity index (χ3n) is 6.87. The Labute approximate surface area is 203 Å². The lowest BCUT2D eigenvalue weighted by atomic mass is 9.79. The summed E-state index contributed by atoms with van der Waals surface area (Å²) in [6.45, 7) is 0.407. The standard InChI is InChI=1S/C26H30N2O7/c29-12-9-22(23(30)31)28-24(32)26(10-13-34-14-11-26)16-27-25(33)35-15-21-19-7-3-1-5-17(19)18-6-2-4-8-20(18)21/h1-8,21-22,29H,9-16H2,(H,27,33)(H,28,32)(H,30,31). The number of alkyl carbamates (subject to hydrolysis) is 1. The molecule has 0 bridgehead atoms. The van der Waals surface area contributed by atoms with Crippen LogP contribution in [0.4, 0.5) is 4.79 Å². The Hall–Kier alpha value is -3.43. The highest BCUT2D eigenvalue weighted by Crippen LogP contribution is 2.44. The summed E-state index contributed by atoms with van der Waals surface area (Å²) < 4.78 is 11.0. The molecule has 2 aliphatic rings. The minimum atomic E-state index is -1.22. The molecule has 1 aliphatic carbocycles. The topological polar surface area (TPSA) is 134 Å². The molecule has 1 unspecified atom stereocenters. The minimum Gasteiger partial charge on any atom is -0.480 e. The predicted molar refractivity (Wildman–Crippen MR) is 127 cm³/mol. The van der Waals surface area contributed by atoms with E-state index in [1.807, 2.05) is 36.4 Å². The van der Waals surface area contributed by atoms with Crippen molar-refractivity contribution in [3.05, 3.63) is 59.7 Å². The molecule has 0 aromatic heterocycles. The van der Waals surface area contributed by atoms with Gasteiger partial charge in [-0.05, 0) is 35.1 Å². The van der Waals surface area contributed by atoms with E-state index in [9.17, 15) is 19.5 Å². The molecule has 2 amide bonds. The van der Waals surface area contributed by atoms with Gasteiger partial charge in [0.2, 0.25) is 5.91 Å². The van der Waals surface area contributed by atoms with Gasteiger partial charge in [0.05, 0.1) is 5.41 Å². The summed E-state index contributed by atoms with van der Waals surface area (Å²) in [4.78, 5) is 37.1. The van der Waals surface area contributed by atoms with Crippen LogP contribution < -0.4 is 10.6 Å². The number of carboxylic acid groups (broad SMARTS) is 1. The number of benzene rings is 2. The molecule has 2 aromatic carbocycles. The fourth-order valence-electron chi connectivity index (χ4n) is 4.83. The first-order valence-corrected chi connectivity index (χ1v) is 11.8. The fourth-order valence-corrected chi connectivity index (χ4v) is 4.83. The Morgan fingerprint density at radius 1 is 1.03 bits per heavy atom. The lowest BCUT2D eigenvalue weighted by Gasteiger charge is -2.36. The first-order valence-electron chi connectivity index (χ1n) is 11.8. The number of hydrogen-bond donors (Lipinski definition) is 4. The average molecular weight is 483 g/mol. The van der Waals surface area contributed by atoms with Crippen molar-refractivity contribution in [1.29, 1.82) is 0 Å². The van der Waals surface area contributed by atoms with Gasteiger partial charge in [-0.15, -0.1) is 0 Å². The van der Waals surface area contributed by atoms with Gasteiger partial charge >= 0.3 is 12.1 Å². The van der Waals surface area contributed by atoms with E-state index in [0.29, 0.717) is 26.1 Å². The molecule has 1 saturated heterocycles. The largest absolute Gasteiger partial charge is 0.480 e. The van der Waals surface area contributed by atoms with Crippen LogP contribution in [0.2, 0.25) is 0 Å². The predicted octanol–water partition coefficient (Wildman–Crippen LogP) is 2.27. The number of aliphatic carboxylic acids is 1. The molecule has 186 valence electrons. The SMILES string of the molecule is O=C(NCC1(C(=O)NC(CCO)C(=O)O)CCOCC1)OCC1c2ccccc2-c2ccccc21. The number of rotatable bonds is 9. The van der Waals surface area contributed by atoms with Crippen LogP contribution in [-0.2, 0) is 19.1 Å². The van der Waals surface area contributed by atoms with Gasteiger partial charge in [-0.1, -0.05) is 48.5 Å². The second-order valence-electron chi connectivity index (χ2n) is 8.95. The molecule has 2 aromatic rings. The van der Waals surface area contributed by atoms with Gasteiger partial charge < -0.3 is 30.3 Å². The van der Waals surface area contributed by atoms with Crippen molar-refractivity contribution in [2.75, 3.05) is 33.0 Å². The summed E-state index contributed by atoms with van der Waals surface area (Å²) in [5, 5.41) is 23.6. The van der Waals surface area contributed by atoms with Gasteiger partial charge in [-0.25, -0.2) is 9.59 Å². The Bertz CT molecular complexity index is 1040. The number of carbonyl (C=O) groups is 3. The summed E-state index contributed by atoms with van der Waals surface area (Å²) >= 11 is 0. The molecule has 35 heavy (non-hydrogen) atoms. The number of nitrogens with one attached hydrogen (secondary N) is 2. The quantitative estimate of drug-likeness (QED) is 0.431. The third kappa shape index (κ3) is 5.31. The maximum absolute atomic E-state index is 13.1. The van der Waals surface area contributed by atoms with Crippen molar-refractivity contribution in [1.82, 2.24) is 10.6 Å². The number of carbonyl (C=O) groups excluding carboxylic acids is 2. The number of fused-ring (bicyclic) bond motifs is 3. The van der Waals surface area contributed by atoms with E-state index in [1.165, 1.54) is 0 Å². The zero-order valence-corrected chi connectivity index (χ0v) is 19.4. The molecule has 4 rings (SSSR count). The molecular weight excluding hydrogens is 452 g/mol. The zero-order chi connectivity index (χ0) is 24.8. The van der Waals surface area contributed by atoms with E-state index in [-0.39, 0.29) is 32.1 Å². The highest BCUT2D eigenvalue weighted by atomic mass is 16.5. The molecule has 9 heteroatoms. The van der Waals surface area contributed by atoms with Crippen molar-refractivity contribution in [2.45, 2.75) is 31.2 Å². The summed E-state index contributed by atoms with van der Waals surface area (Å²) in [6.07, 6.45) is -0.0919. The van der Waals surface area contributed by atoms with Crippen LogP contribution in [0.1, 0.15) is 36.3 Å². The number of carboxylic acids is 1. The number of aliphatic hydroxyl groups excluding tert-OH is 1. The fraction of sp³-hybridized carbons (Fsp3) is 0.423. The molecule has 1 aliphatic heterocycles. The highest BCUT2D eigenvalue weighted by molar-refractivity contribution is 5.88. The first kappa shape index (κ1) is 24.7. The number of amides is 2. The molecule has 0 spiro atoms. The first-order chi connectivity index (χ1) is 16.9. The van der Waals surface area contributed by atoms with E-state index in [0.717, 1.165) is 22.3 Å². The van der Waals surface area contributed by atoms with Crippen molar-refractivity contribution < 1.29 is 34.1 Å². The second kappa shape index (κ2) is 10.9. The molecule has 0 saturated carbocycles. The zero-order valence-electron chi connectivity index (χ0n) is 19.4. The summed E-state index contributed by atoms with van der Waals surface area (Å²) in [5.41, 5.74) is 3.44. The minimum absolute atomic E-state index is 0.00959. The van der Waals surface area contributed by atoms with Crippen molar-refractivity contribution in [3.8, 4) is 11.1 Å². The smallest absolute Gasteiger partial charge is 0.407 e. The van der Waals surface area contributed by atoms with Gasteiger partial charge in [0.1, 0.15) is 12.6 Å². The van der Waals surface area contributed by atoms with E-state index < -0.39 is 29.4 Å². The average Bonchev–Trinajstić information content (AvgIpc) is 3.20. The summed E-state index contributed by atoms with van der Waals surface area (Å²) in [7, 11) is 0. The van der Waals surface area contributed by atoms with Crippen molar-refractivity contribution in [3.63, 3.8) is 0 Å². The molecule has 9 nitrogen and oxygen atoms in total. The maximum atomic E-state index is 13.1. The molecule has 1 heterocycles. The number of hydrogen-bond acceptors (Lipinski definition) is 6. The summed E-state index contributed by atoms with van der Waals surface area (Å²) in [6, 6.07) is 14.9. The van der Waals surface area contributed by atoms with E-state index in [2.05, 4.69) is 22.8 Å². The second-order valence-corrected chi connectivity index (χ2v) is 8.95.